The fraction of sp³-hybridized carbons (Fsp3) is 0.786. The maximum absolute atomic E-state index is 4.23. The molecule has 0 fully saturated rings. The normalized spacial score (nSPS) is 10.9. The van der Waals surface area contributed by atoms with Crippen molar-refractivity contribution in [1.29, 1.82) is 0 Å². The number of nitrogens with zero attached hydrogens (tertiary/aromatic N) is 2. The molecule has 0 saturated heterocycles. The van der Waals surface area contributed by atoms with Crippen LogP contribution in [0, 0.1) is 6.92 Å². The molecule has 0 aromatic carbocycles. The number of aryl methyl sites for hydroxylation is 2. The second-order valence-corrected chi connectivity index (χ2v) is 4.73. The van der Waals surface area contributed by atoms with Gasteiger partial charge < -0.3 is 4.57 Å². The summed E-state index contributed by atoms with van der Waals surface area (Å²) in [5.74, 6) is 0. The molecule has 0 amide bonds. The molecule has 16 heavy (non-hydrogen) atoms. The summed E-state index contributed by atoms with van der Waals surface area (Å²) in [7, 11) is 0. The summed E-state index contributed by atoms with van der Waals surface area (Å²) in [6.45, 7) is 5.45. The Balaban J connectivity index is 1.88. The smallest absolute Gasteiger partial charge is 0.0949 e. The van der Waals surface area contributed by atoms with Crippen LogP contribution in [0.4, 0.5) is 0 Å². The van der Waals surface area contributed by atoms with E-state index in [0.29, 0.717) is 0 Å². The molecule has 1 aromatic heterocycles. The Kier molecular flexibility index (Phi) is 6.95. The van der Waals surface area contributed by atoms with Crippen LogP contribution in [-0.2, 0) is 6.54 Å². The quantitative estimate of drug-likeness (QED) is 0.569. The molecule has 0 radical (unpaired) electrons. The van der Waals surface area contributed by atoms with Gasteiger partial charge in [0, 0.05) is 12.7 Å². The van der Waals surface area contributed by atoms with Crippen molar-refractivity contribution < 1.29 is 0 Å². The third kappa shape index (κ3) is 5.94. The number of unbranched alkanes of at least 4 members (excludes halogenated alkanes) is 7. The van der Waals surface area contributed by atoms with Crippen molar-refractivity contribution in [3.05, 3.63) is 18.2 Å². The largest absolute Gasteiger partial charge is 0.337 e. The molecule has 0 aliphatic rings. The highest BCUT2D eigenvalue weighted by molar-refractivity contribution is 4.91. The Labute approximate surface area is 100 Å². The van der Waals surface area contributed by atoms with Gasteiger partial charge in [0.1, 0.15) is 0 Å². The first-order valence-corrected chi connectivity index (χ1v) is 6.81. The van der Waals surface area contributed by atoms with Gasteiger partial charge in [-0.25, -0.2) is 4.98 Å². The molecule has 0 aliphatic carbocycles. The summed E-state index contributed by atoms with van der Waals surface area (Å²) in [4.78, 5) is 4.23. The number of aromatic nitrogens is 2. The number of imidazole rings is 1. The van der Waals surface area contributed by atoms with Crippen molar-refractivity contribution in [2.24, 2.45) is 0 Å². The molecule has 0 aliphatic heterocycles. The zero-order chi connectivity index (χ0) is 11.6. The predicted molar refractivity (Wildman–Crippen MR) is 69.6 cm³/mol. The highest BCUT2D eigenvalue weighted by atomic mass is 15.0. The van der Waals surface area contributed by atoms with Crippen LogP contribution in [0.2, 0.25) is 0 Å². The first-order valence-electron chi connectivity index (χ1n) is 6.81. The molecule has 2 nitrogen and oxygen atoms in total. The molecular formula is C14H26N2. The van der Waals surface area contributed by atoms with Crippen molar-refractivity contribution in [2.45, 2.75) is 71.8 Å². The van der Waals surface area contributed by atoms with Gasteiger partial charge in [-0.1, -0.05) is 51.9 Å². The van der Waals surface area contributed by atoms with E-state index in [-0.39, 0.29) is 0 Å². The Morgan fingerprint density at radius 1 is 1.00 bits per heavy atom. The minimum atomic E-state index is 1.12. The lowest BCUT2D eigenvalue weighted by Crippen LogP contribution is -1.94. The summed E-state index contributed by atoms with van der Waals surface area (Å²) in [5.41, 5.74) is 1.12. The molecular weight excluding hydrogens is 196 g/mol. The van der Waals surface area contributed by atoms with Gasteiger partial charge in [-0.15, -0.1) is 0 Å². The lowest BCUT2D eigenvalue weighted by atomic mass is 10.1. The van der Waals surface area contributed by atoms with Gasteiger partial charge in [-0.2, -0.15) is 0 Å². The molecule has 0 N–H and O–H groups in total. The molecule has 0 atom stereocenters. The topological polar surface area (TPSA) is 17.8 Å². The molecule has 0 bridgehead atoms. The fourth-order valence-corrected chi connectivity index (χ4v) is 2.02. The minimum Gasteiger partial charge on any atom is -0.337 e. The predicted octanol–water partition coefficient (Wildman–Crippen LogP) is 4.33. The average Bonchev–Trinajstić information content (AvgIpc) is 2.68. The summed E-state index contributed by atoms with van der Waals surface area (Å²) >= 11 is 0. The highest BCUT2D eigenvalue weighted by Gasteiger charge is 1.94. The van der Waals surface area contributed by atoms with E-state index in [9.17, 15) is 0 Å². The van der Waals surface area contributed by atoms with E-state index < -0.39 is 0 Å². The van der Waals surface area contributed by atoms with E-state index in [4.69, 9.17) is 0 Å². The van der Waals surface area contributed by atoms with Crippen LogP contribution < -0.4 is 0 Å². The van der Waals surface area contributed by atoms with Crippen molar-refractivity contribution in [1.82, 2.24) is 9.55 Å². The van der Waals surface area contributed by atoms with Crippen LogP contribution in [0.5, 0.6) is 0 Å². The van der Waals surface area contributed by atoms with Crippen molar-refractivity contribution in [2.75, 3.05) is 0 Å². The zero-order valence-corrected chi connectivity index (χ0v) is 10.9. The molecule has 0 unspecified atom stereocenters. The Morgan fingerprint density at radius 3 is 2.19 bits per heavy atom. The number of hydrogen-bond donors (Lipinski definition) is 0. The molecule has 1 aromatic rings. The minimum absolute atomic E-state index is 1.12. The second-order valence-electron chi connectivity index (χ2n) is 4.73. The van der Waals surface area contributed by atoms with Gasteiger partial charge in [-0.3, -0.25) is 0 Å². The number of hydrogen-bond acceptors (Lipinski definition) is 1. The van der Waals surface area contributed by atoms with Crippen LogP contribution in [0.15, 0.2) is 12.5 Å². The van der Waals surface area contributed by atoms with Crippen molar-refractivity contribution in [3.63, 3.8) is 0 Å². The van der Waals surface area contributed by atoms with Gasteiger partial charge in [0.05, 0.1) is 12.0 Å². The average molecular weight is 222 g/mol. The third-order valence-corrected chi connectivity index (χ3v) is 3.03. The zero-order valence-electron chi connectivity index (χ0n) is 10.9. The van der Waals surface area contributed by atoms with E-state index >= 15 is 0 Å². The van der Waals surface area contributed by atoms with E-state index in [1.807, 2.05) is 13.3 Å². The van der Waals surface area contributed by atoms with Gasteiger partial charge in [0.15, 0.2) is 0 Å². The van der Waals surface area contributed by atoms with Gasteiger partial charge in [-0.05, 0) is 13.3 Å². The molecule has 1 heterocycles. The third-order valence-electron chi connectivity index (χ3n) is 3.03. The van der Waals surface area contributed by atoms with Crippen LogP contribution >= 0.6 is 0 Å². The second kappa shape index (κ2) is 8.37. The SMILES string of the molecule is CCCCCCCCCCn1cnc(C)c1. The Hall–Kier alpha value is -0.790. The fourth-order valence-electron chi connectivity index (χ4n) is 2.02. The maximum Gasteiger partial charge on any atom is 0.0949 e. The summed E-state index contributed by atoms with van der Waals surface area (Å²) in [6.07, 6.45) is 15.2. The molecule has 92 valence electrons. The maximum atomic E-state index is 4.23. The van der Waals surface area contributed by atoms with Crippen LogP contribution in [-0.4, -0.2) is 9.55 Å². The Morgan fingerprint density at radius 2 is 1.62 bits per heavy atom. The van der Waals surface area contributed by atoms with Crippen LogP contribution in [0.3, 0.4) is 0 Å². The standard InChI is InChI=1S/C14H26N2/c1-3-4-5-6-7-8-9-10-11-16-12-14(2)15-13-16/h12-13H,3-11H2,1-2H3. The van der Waals surface area contributed by atoms with Gasteiger partial charge in [0.2, 0.25) is 0 Å². The van der Waals surface area contributed by atoms with E-state index in [2.05, 4.69) is 22.7 Å². The lowest BCUT2D eigenvalue weighted by Gasteiger charge is -2.02. The molecule has 2 heteroatoms. The van der Waals surface area contributed by atoms with Crippen molar-refractivity contribution in [3.8, 4) is 0 Å². The highest BCUT2D eigenvalue weighted by Crippen LogP contribution is 2.09. The first-order chi connectivity index (χ1) is 7.83. The van der Waals surface area contributed by atoms with Gasteiger partial charge in [0.25, 0.3) is 0 Å². The van der Waals surface area contributed by atoms with E-state index in [1.54, 1.807) is 0 Å². The summed E-state index contributed by atoms with van der Waals surface area (Å²) < 4.78 is 2.20. The Bertz CT molecular complexity index is 265. The summed E-state index contributed by atoms with van der Waals surface area (Å²) in [6, 6.07) is 0. The first kappa shape index (κ1) is 13.3. The van der Waals surface area contributed by atoms with E-state index in [0.717, 1.165) is 12.2 Å². The molecule has 0 saturated carbocycles. The number of rotatable bonds is 9. The van der Waals surface area contributed by atoms with Crippen LogP contribution in [0.1, 0.15) is 64.0 Å². The lowest BCUT2D eigenvalue weighted by molar-refractivity contribution is 0.543. The molecule has 0 spiro atoms. The van der Waals surface area contributed by atoms with Gasteiger partial charge >= 0.3 is 0 Å². The van der Waals surface area contributed by atoms with Crippen molar-refractivity contribution >= 4 is 0 Å². The van der Waals surface area contributed by atoms with E-state index in [1.165, 1.54) is 51.4 Å². The monoisotopic (exact) mass is 222 g/mol. The molecule has 1 rings (SSSR count). The summed E-state index contributed by atoms with van der Waals surface area (Å²) in [5, 5.41) is 0. The van der Waals surface area contributed by atoms with Crippen LogP contribution in [0.25, 0.3) is 0 Å².